The first-order chi connectivity index (χ1) is 7.81. The van der Waals surface area contributed by atoms with Crippen LogP contribution in [0.5, 0.6) is 0 Å². The minimum atomic E-state index is -0.383. The molecule has 1 atom stereocenters. The summed E-state index contributed by atoms with van der Waals surface area (Å²) >= 11 is 0. The summed E-state index contributed by atoms with van der Waals surface area (Å²) in [5, 5.41) is 11.6. The minimum absolute atomic E-state index is 0.383. The Morgan fingerprint density at radius 3 is 3.06 bits per heavy atom. The summed E-state index contributed by atoms with van der Waals surface area (Å²) in [5.41, 5.74) is 1.69. The maximum Gasteiger partial charge on any atom is 0.223 e. The van der Waals surface area contributed by atoms with E-state index in [2.05, 4.69) is 15.5 Å². The van der Waals surface area contributed by atoms with Crippen LogP contribution in [0.1, 0.15) is 6.92 Å². The molecule has 0 amide bonds. The fourth-order valence-electron chi connectivity index (χ4n) is 1.17. The molecule has 2 rings (SSSR count). The van der Waals surface area contributed by atoms with Gasteiger partial charge in [-0.1, -0.05) is 22.5 Å². The van der Waals surface area contributed by atoms with Crippen molar-refractivity contribution in [3.8, 4) is 0 Å². The van der Waals surface area contributed by atoms with Gasteiger partial charge in [0.15, 0.2) is 6.34 Å². The predicted molar refractivity (Wildman–Crippen MR) is 59.0 cm³/mol. The monoisotopic (exact) mass is 220 g/mol. The number of hydrogen-bond donors (Lipinski definition) is 0. The number of ether oxygens (including phenoxy) is 1. The van der Waals surface area contributed by atoms with E-state index in [1.165, 1.54) is 11.0 Å². The first-order valence-electron chi connectivity index (χ1n) is 4.83. The highest BCUT2D eigenvalue weighted by molar-refractivity contribution is 5.80. The average molecular weight is 220 g/mol. The Labute approximate surface area is 92.4 Å². The maximum absolute atomic E-state index is 4.97. The molecule has 0 aliphatic carbocycles. The molecule has 0 saturated heterocycles. The molecule has 0 saturated carbocycles. The smallest absolute Gasteiger partial charge is 0.223 e. The second-order valence-electron chi connectivity index (χ2n) is 3.15. The summed E-state index contributed by atoms with van der Waals surface area (Å²) in [6.07, 6.45) is 1.07. The summed E-state index contributed by atoms with van der Waals surface area (Å²) in [5.74, 6) is 0. The topological polar surface area (TPSA) is 61.5 Å². The molecule has 1 aromatic carbocycles. The second-order valence-corrected chi connectivity index (χ2v) is 3.15. The van der Waals surface area contributed by atoms with Gasteiger partial charge in [0, 0.05) is 14.0 Å². The van der Waals surface area contributed by atoms with Gasteiger partial charge in [-0.2, -0.15) is 4.68 Å². The van der Waals surface area contributed by atoms with Gasteiger partial charge in [-0.25, -0.2) is 0 Å². The number of benzene rings is 1. The lowest BCUT2D eigenvalue weighted by atomic mass is 10.3. The lowest BCUT2D eigenvalue weighted by molar-refractivity contribution is -0.109. The van der Waals surface area contributed by atoms with Gasteiger partial charge in [0.1, 0.15) is 5.52 Å². The van der Waals surface area contributed by atoms with Crippen molar-refractivity contribution in [3.05, 3.63) is 24.3 Å². The van der Waals surface area contributed by atoms with Crippen LogP contribution >= 0.6 is 0 Å². The van der Waals surface area contributed by atoms with Crippen molar-refractivity contribution >= 4 is 17.4 Å². The highest BCUT2D eigenvalue weighted by Crippen LogP contribution is 2.07. The van der Waals surface area contributed by atoms with Gasteiger partial charge in [0.25, 0.3) is 0 Å². The van der Waals surface area contributed by atoms with E-state index in [1.54, 1.807) is 14.0 Å². The highest BCUT2D eigenvalue weighted by Gasteiger charge is 2.00. The third-order valence-corrected chi connectivity index (χ3v) is 2.08. The van der Waals surface area contributed by atoms with Crippen LogP contribution in [0.25, 0.3) is 11.0 Å². The molecule has 0 N–H and O–H groups in total. The van der Waals surface area contributed by atoms with E-state index in [1.807, 2.05) is 24.3 Å². The number of rotatable bonds is 4. The number of hydrogen-bond acceptors (Lipinski definition) is 5. The lowest BCUT2D eigenvalue weighted by Crippen LogP contribution is -2.07. The molecule has 1 aromatic heterocycles. The van der Waals surface area contributed by atoms with Gasteiger partial charge < -0.3 is 9.57 Å². The Kier molecular flexibility index (Phi) is 3.11. The summed E-state index contributed by atoms with van der Waals surface area (Å²) in [4.78, 5) is 4.97. The summed E-state index contributed by atoms with van der Waals surface area (Å²) < 4.78 is 6.42. The van der Waals surface area contributed by atoms with Crippen molar-refractivity contribution in [2.75, 3.05) is 7.11 Å². The molecule has 0 radical (unpaired) electrons. The van der Waals surface area contributed by atoms with Crippen molar-refractivity contribution in [2.45, 2.75) is 13.2 Å². The van der Waals surface area contributed by atoms with E-state index in [-0.39, 0.29) is 6.29 Å². The van der Waals surface area contributed by atoms with Crippen LogP contribution in [-0.2, 0) is 9.57 Å². The summed E-state index contributed by atoms with van der Waals surface area (Å²) in [7, 11) is 1.55. The third kappa shape index (κ3) is 2.17. The Hall–Kier alpha value is -1.95. The largest absolute Gasteiger partial charge is 0.362 e. The highest BCUT2D eigenvalue weighted by atomic mass is 16.8. The van der Waals surface area contributed by atoms with Crippen LogP contribution in [0.2, 0.25) is 0 Å². The van der Waals surface area contributed by atoms with Crippen molar-refractivity contribution in [2.24, 2.45) is 5.16 Å². The first kappa shape index (κ1) is 10.6. The molecule has 2 aromatic rings. The van der Waals surface area contributed by atoms with Crippen molar-refractivity contribution < 1.29 is 9.57 Å². The molecule has 6 heteroatoms. The fourth-order valence-corrected chi connectivity index (χ4v) is 1.17. The molecule has 0 spiro atoms. The molecule has 0 fully saturated rings. The normalized spacial score (nSPS) is 13.4. The Balaban J connectivity index is 2.15. The van der Waals surface area contributed by atoms with Gasteiger partial charge in [0.05, 0.1) is 5.52 Å². The molecule has 0 aliphatic heterocycles. The quantitative estimate of drug-likeness (QED) is 0.336. The zero-order chi connectivity index (χ0) is 11.4. The van der Waals surface area contributed by atoms with Gasteiger partial charge in [-0.3, -0.25) is 0 Å². The minimum Gasteiger partial charge on any atom is -0.362 e. The standard InChI is InChI=1S/C10H12N4O2/c1-8(15-2)16-11-7-14-10-6-4-3-5-9(10)12-13-14/h3-8H,1-2H3/b11-7+. The van der Waals surface area contributed by atoms with Crippen LogP contribution in [0.4, 0.5) is 0 Å². The van der Waals surface area contributed by atoms with Gasteiger partial charge in [0.2, 0.25) is 6.29 Å². The van der Waals surface area contributed by atoms with Crippen LogP contribution in [0.15, 0.2) is 29.4 Å². The van der Waals surface area contributed by atoms with E-state index >= 15 is 0 Å². The molecule has 84 valence electrons. The maximum atomic E-state index is 4.97. The number of para-hydroxylation sites is 1. The molecular formula is C10H12N4O2. The lowest BCUT2D eigenvalue weighted by Gasteiger charge is -2.04. The van der Waals surface area contributed by atoms with Gasteiger partial charge in [-0.15, -0.1) is 5.10 Å². The third-order valence-electron chi connectivity index (χ3n) is 2.08. The van der Waals surface area contributed by atoms with Gasteiger partial charge >= 0.3 is 0 Å². The van der Waals surface area contributed by atoms with E-state index in [0.717, 1.165) is 11.0 Å². The molecule has 1 unspecified atom stereocenters. The zero-order valence-electron chi connectivity index (χ0n) is 9.07. The molecule has 1 heterocycles. The SMILES string of the molecule is COC(C)O/N=C/n1nnc2ccccc21. The summed E-state index contributed by atoms with van der Waals surface area (Å²) in [6, 6.07) is 7.60. The summed E-state index contributed by atoms with van der Waals surface area (Å²) in [6.45, 7) is 1.75. The van der Waals surface area contributed by atoms with Crippen LogP contribution in [-0.4, -0.2) is 34.7 Å². The van der Waals surface area contributed by atoms with E-state index < -0.39 is 0 Å². The van der Waals surface area contributed by atoms with E-state index in [9.17, 15) is 0 Å². The van der Waals surface area contributed by atoms with Crippen LogP contribution in [0.3, 0.4) is 0 Å². The Morgan fingerprint density at radius 1 is 1.44 bits per heavy atom. The van der Waals surface area contributed by atoms with E-state index in [0.29, 0.717) is 0 Å². The Morgan fingerprint density at radius 2 is 2.25 bits per heavy atom. The van der Waals surface area contributed by atoms with Crippen molar-refractivity contribution in [1.29, 1.82) is 0 Å². The number of aromatic nitrogens is 3. The van der Waals surface area contributed by atoms with Gasteiger partial charge in [-0.05, 0) is 12.1 Å². The van der Waals surface area contributed by atoms with Crippen molar-refractivity contribution in [3.63, 3.8) is 0 Å². The number of methoxy groups -OCH3 is 1. The number of fused-ring (bicyclic) bond motifs is 1. The molecule has 0 bridgehead atoms. The first-order valence-corrected chi connectivity index (χ1v) is 4.83. The predicted octanol–water partition coefficient (Wildman–Crippen LogP) is 1.23. The van der Waals surface area contributed by atoms with E-state index in [4.69, 9.17) is 9.57 Å². The zero-order valence-corrected chi connectivity index (χ0v) is 9.07. The second kappa shape index (κ2) is 4.71. The fraction of sp³-hybridized carbons (Fsp3) is 0.300. The molecule has 6 nitrogen and oxygen atoms in total. The van der Waals surface area contributed by atoms with Crippen molar-refractivity contribution in [1.82, 2.24) is 15.0 Å². The number of nitrogens with zero attached hydrogens (tertiary/aromatic N) is 4. The number of oxime groups is 1. The Bertz CT molecular complexity index is 494. The van der Waals surface area contributed by atoms with Crippen LogP contribution in [0, 0.1) is 0 Å². The molecule has 0 aliphatic rings. The molecule has 16 heavy (non-hydrogen) atoms. The average Bonchev–Trinajstić information content (AvgIpc) is 2.73. The van der Waals surface area contributed by atoms with Crippen LogP contribution < -0.4 is 0 Å². The molecular weight excluding hydrogens is 208 g/mol.